The molecule has 6 nitrogen and oxygen atoms in total. The second kappa shape index (κ2) is 8.59. The van der Waals surface area contributed by atoms with E-state index >= 15 is 0 Å². The number of benzene rings is 3. The summed E-state index contributed by atoms with van der Waals surface area (Å²) in [6, 6.07) is 18.6. The molecule has 10 heteroatoms. The molecule has 0 spiro atoms. The van der Waals surface area contributed by atoms with Crippen LogP contribution in [0.2, 0.25) is 5.02 Å². The number of nitrogens with zero attached hydrogens (tertiary/aromatic N) is 3. The van der Waals surface area contributed by atoms with Gasteiger partial charge < -0.3 is 11.1 Å². The lowest BCUT2D eigenvalue weighted by Crippen LogP contribution is -2.24. The first-order chi connectivity index (χ1) is 16.7. The molecule has 2 heterocycles. The third-order valence-corrected chi connectivity index (χ3v) is 5.77. The molecular weight excluding hydrogens is 479 g/mol. The van der Waals surface area contributed by atoms with Gasteiger partial charge in [0.15, 0.2) is 5.65 Å². The highest BCUT2D eigenvalue weighted by Crippen LogP contribution is 2.34. The van der Waals surface area contributed by atoms with Crippen LogP contribution in [0.3, 0.4) is 0 Å². The van der Waals surface area contributed by atoms with Crippen LogP contribution >= 0.6 is 11.6 Å². The Morgan fingerprint density at radius 3 is 2.34 bits per heavy atom. The van der Waals surface area contributed by atoms with Gasteiger partial charge in [-0.25, -0.2) is 9.97 Å². The van der Waals surface area contributed by atoms with E-state index in [1.165, 1.54) is 16.7 Å². The lowest BCUT2D eigenvalue weighted by molar-refractivity contribution is -0.137. The summed E-state index contributed by atoms with van der Waals surface area (Å²) in [5, 5.41) is 3.36. The highest BCUT2D eigenvalue weighted by Gasteiger charge is 2.31. The number of hydrogen-bond donors (Lipinski definition) is 2. The van der Waals surface area contributed by atoms with Crippen LogP contribution in [0.25, 0.3) is 27.9 Å². The topological polar surface area (TPSA) is 85.8 Å². The van der Waals surface area contributed by atoms with Crippen molar-refractivity contribution in [3.63, 3.8) is 0 Å². The summed E-state index contributed by atoms with van der Waals surface area (Å²) < 4.78 is 41.5. The maximum atomic E-state index is 13.4. The zero-order valence-electron chi connectivity index (χ0n) is 18.0. The second-order valence-electron chi connectivity index (χ2n) is 7.84. The number of nitrogen functional groups attached to an aromatic ring is 1. The minimum atomic E-state index is -4.55. The Bertz CT molecular complexity index is 1580. The van der Waals surface area contributed by atoms with Gasteiger partial charge in [-0.2, -0.15) is 13.2 Å². The first kappa shape index (κ1) is 22.7. The van der Waals surface area contributed by atoms with Crippen LogP contribution in [0.4, 0.5) is 19.0 Å². The van der Waals surface area contributed by atoms with Gasteiger partial charge >= 0.3 is 6.18 Å². The Hall–Kier alpha value is -4.11. The van der Waals surface area contributed by atoms with E-state index in [0.717, 1.165) is 17.7 Å². The zero-order valence-corrected chi connectivity index (χ0v) is 18.7. The van der Waals surface area contributed by atoms with Gasteiger partial charge in [-0.05, 0) is 48.0 Å². The molecule has 0 bridgehead atoms. The molecule has 35 heavy (non-hydrogen) atoms. The minimum Gasteiger partial charge on any atom is -0.384 e. The van der Waals surface area contributed by atoms with Crippen molar-refractivity contribution in [2.24, 2.45) is 0 Å². The summed E-state index contributed by atoms with van der Waals surface area (Å²) >= 11 is 5.91. The van der Waals surface area contributed by atoms with Crippen molar-refractivity contribution in [1.29, 1.82) is 0 Å². The number of aromatic nitrogens is 3. The van der Waals surface area contributed by atoms with Crippen molar-refractivity contribution in [3.05, 3.63) is 94.5 Å². The minimum absolute atomic E-state index is 0.0321. The molecule has 0 aliphatic heterocycles. The number of nitrogens with two attached hydrogens (primary N) is 1. The van der Waals surface area contributed by atoms with Crippen LogP contribution in [-0.4, -0.2) is 20.4 Å². The number of rotatable bonds is 4. The van der Waals surface area contributed by atoms with E-state index < -0.39 is 17.6 Å². The van der Waals surface area contributed by atoms with Crippen LogP contribution in [0.15, 0.2) is 72.8 Å². The average molecular weight is 496 g/mol. The molecule has 5 aromatic rings. The van der Waals surface area contributed by atoms with Crippen molar-refractivity contribution in [3.8, 4) is 5.69 Å². The standard InChI is InChI=1S/C25H17ClF3N5O/c26-16-10-8-14(9-11-16)13-31-24(35)20-21-23(33-19-7-2-1-6-18(19)32-21)34(22(20)30)17-5-3-4-15(12-17)25(27,28)29/h1-12H,13,30H2,(H,31,35). The fraction of sp³-hybridized carbons (Fsp3) is 0.0800. The lowest BCUT2D eigenvalue weighted by Gasteiger charge is -2.12. The average Bonchev–Trinajstić information content (AvgIpc) is 3.12. The Labute approximate surface area is 202 Å². The van der Waals surface area contributed by atoms with Gasteiger partial charge in [-0.3, -0.25) is 9.36 Å². The van der Waals surface area contributed by atoms with Crippen molar-refractivity contribution in [1.82, 2.24) is 19.9 Å². The van der Waals surface area contributed by atoms with Gasteiger partial charge in [0.05, 0.1) is 16.6 Å². The van der Waals surface area contributed by atoms with Gasteiger partial charge in [-0.1, -0.05) is 41.9 Å². The predicted octanol–water partition coefficient (Wildman–Crippen LogP) is 5.76. The number of halogens is 4. The van der Waals surface area contributed by atoms with E-state index in [0.29, 0.717) is 16.1 Å². The molecular formula is C25H17ClF3N5O. The molecule has 0 saturated heterocycles. The molecule has 3 N–H and O–H groups in total. The fourth-order valence-corrected chi connectivity index (χ4v) is 3.97. The largest absolute Gasteiger partial charge is 0.416 e. The van der Waals surface area contributed by atoms with Gasteiger partial charge in [0.2, 0.25) is 0 Å². The van der Waals surface area contributed by atoms with Crippen molar-refractivity contribution < 1.29 is 18.0 Å². The number of para-hydroxylation sites is 2. The Morgan fingerprint density at radius 1 is 0.971 bits per heavy atom. The molecule has 3 aromatic carbocycles. The Morgan fingerprint density at radius 2 is 1.66 bits per heavy atom. The van der Waals surface area contributed by atoms with E-state index in [9.17, 15) is 18.0 Å². The maximum Gasteiger partial charge on any atom is 0.416 e. The third kappa shape index (κ3) is 4.26. The van der Waals surface area contributed by atoms with E-state index in [-0.39, 0.29) is 34.8 Å². The molecule has 176 valence electrons. The van der Waals surface area contributed by atoms with Crippen molar-refractivity contribution in [2.75, 3.05) is 5.73 Å². The molecule has 0 radical (unpaired) electrons. The summed E-state index contributed by atoms with van der Waals surface area (Å²) in [6.07, 6.45) is -4.55. The summed E-state index contributed by atoms with van der Waals surface area (Å²) in [6.45, 7) is 0.187. The van der Waals surface area contributed by atoms with Crippen LogP contribution in [-0.2, 0) is 12.7 Å². The smallest absolute Gasteiger partial charge is 0.384 e. The van der Waals surface area contributed by atoms with Gasteiger partial charge in [-0.15, -0.1) is 0 Å². The second-order valence-corrected chi connectivity index (χ2v) is 8.27. The van der Waals surface area contributed by atoms with E-state index in [1.54, 1.807) is 48.5 Å². The molecule has 0 fully saturated rings. The highest BCUT2D eigenvalue weighted by molar-refractivity contribution is 6.30. The maximum absolute atomic E-state index is 13.4. The SMILES string of the molecule is Nc1c(C(=O)NCc2ccc(Cl)cc2)c2nc3ccccc3nc2n1-c1cccc(C(F)(F)F)c1. The molecule has 0 unspecified atom stereocenters. The third-order valence-electron chi connectivity index (χ3n) is 5.52. The number of amides is 1. The summed E-state index contributed by atoms with van der Waals surface area (Å²) in [5.74, 6) is -0.596. The van der Waals surface area contributed by atoms with Crippen LogP contribution in [0.1, 0.15) is 21.5 Å². The molecule has 0 aliphatic carbocycles. The Balaban J connectivity index is 1.66. The number of carbonyl (C=O) groups excluding carboxylic acids is 1. The first-order valence-corrected chi connectivity index (χ1v) is 10.9. The molecule has 0 saturated carbocycles. The number of nitrogens with one attached hydrogen (secondary N) is 1. The van der Waals surface area contributed by atoms with Gasteiger partial charge in [0.25, 0.3) is 5.91 Å². The first-order valence-electron chi connectivity index (χ1n) is 10.5. The van der Waals surface area contributed by atoms with Crippen LogP contribution < -0.4 is 11.1 Å². The van der Waals surface area contributed by atoms with E-state index in [2.05, 4.69) is 15.3 Å². The highest BCUT2D eigenvalue weighted by atomic mass is 35.5. The van der Waals surface area contributed by atoms with Gasteiger partial charge in [0.1, 0.15) is 16.9 Å². The summed E-state index contributed by atoms with van der Waals surface area (Å²) in [7, 11) is 0. The normalized spacial score (nSPS) is 11.8. The monoisotopic (exact) mass is 495 g/mol. The summed E-state index contributed by atoms with van der Waals surface area (Å²) in [5.41, 5.74) is 7.89. The van der Waals surface area contributed by atoms with Crippen molar-refractivity contribution in [2.45, 2.75) is 12.7 Å². The molecule has 0 atom stereocenters. The van der Waals surface area contributed by atoms with E-state index in [1.807, 2.05) is 0 Å². The van der Waals surface area contributed by atoms with Crippen LogP contribution in [0, 0.1) is 0 Å². The summed E-state index contributed by atoms with van der Waals surface area (Å²) in [4.78, 5) is 22.4. The number of anilines is 1. The predicted molar refractivity (Wildman–Crippen MR) is 128 cm³/mol. The van der Waals surface area contributed by atoms with E-state index in [4.69, 9.17) is 17.3 Å². The van der Waals surface area contributed by atoms with Gasteiger partial charge in [0, 0.05) is 17.3 Å². The molecule has 0 aliphatic rings. The molecule has 2 aromatic heterocycles. The quantitative estimate of drug-likeness (QED) is 0.332. The Kier molecular flexibility index (Phi) is 5.56. The fourth-order valence-electron chi connectivity index (χ4n) is 3.84. The molecule has 5 rings (SSSR count). The number of fused-ring (bicyclic) bond motifs is 2. The molecule has 1 amide bonds. The van der Waals surface area contributed by atoms with Crippen molar-refractivity contribution >= 4 is 45.5 Å². The number of alkyl halides is 3. The lowest BCUT2D eigenvalue weighted by atomic mass is 10.2. The zero-order chi connectivity index (χ0) is 24.7. The van der Waals surface area contributed by atoms with Crippen LogP contribution in [0.5, 0.6) is 0 Å². The number of hydrogen-bond acceptors (Lipinski definition) is 4. The number of carbonyl (C=O) groups is 1.